The van der Waals surface area contributed by atoms with Crippen molar-refractivity contribution in [2.24, 2.45) is 0 Å². The number of carbonyl (C=O) groups is 2. The summed E-state index contributed by atoms with van der Waals surface area (Å²) in [6.45, 7) is 3.99. The Kier molecular flexibility index (Phi) is 5.32. The molecule has 0 saturated carbocycles. The molecule has 0 heterocycles. The zero-order chi connectivity index (χ0) is 13.4. The molecular weight excluding hydrogens is 228 g/mol. The van der Waals surface area contributed by atoms with Gasteiger partial charge in [0.05, 0.1) is 5.56 Å². The maximum absolute atomic E-state index is 11.7. The lowest BCUT2D eigenvalue weighted by Crippen LogP contribution is -2.07. The summed E-state index contributed by atoms with van der Waals surface area (Å²) in [5, 5.41) is 0. The number of rotatable bonds is 2. The van der Waals surface area contributed by atoms with Gasteiger partial charge in [-0.3, -0.25) is 0 Å². The van der Waals surface area contributed by atoms with Gasteiger partial charge in [-0.25, -0.2) is 4.79 Å². The molecule has 0 N–H and O–H groups in total. The van der Waals surface area contributed by atoms with Gasteiger partial charge < -0.3 is 9.53 Å². The van der Waals surface area contributed by atoms with Crippen molar-refractivity contribution >= 4 is 12.8 Å². The SMILES string of the molecule is C=O.Cc1ccc(OC(=O)c2ccccc2)cc1. The van der Waals surface area contributed by atoms with Gasteiger partial charge in [0, 0.05) is 0 Å². The molecule has 3 nitrogen and oxygen atoms in total. The second-order valence-corrected chi connectivity index (χ2v) is 3.57. The van der Waals surface area contributed by atoms with Crippen molar-refractivity contribution in [2.75, 3.05) is 0 Å². The zero-order valence-electron chi connectivity index (χ0n) is 10.1. The molecule has 0 aromatic heterocycles. The van der Waals surface area contributed by atoms with Crippen LogP contribution in [0.15, 0.2) is 54.6 Å². The lowest BCUT2D eigenvalue weighted by Gasteiger charge is -2.04. The Labute approximate surface area is 106 Å². The van der Waals surface area contributed by atoms with Crippen molar-refractivity contribution in [1.29, 1.82) is 0 Å². The van der Waals surface area contributed by atoms with Gasteiger partial charge in [0.1, 0.15) is 12.5 Å². The topological polar surface area (TPSA) is 43.4 Å². The molecule has 18 heavy (non-hydrogen) atoms. The number of carbonyl (C=O) groups excluding carboxylic acids is 2. The Morgan fingerprint density at radius 1 is 0.944 bits per heavy atom. The van der Waals surface area contributed by atoms with Gasteiger partial charge in [0.2, 0.25) is 0 Å². The van der Waals surface area contributed by atoms with E-state index < -0.39 is 0 Å². The van der Waals surface area contributed by atoms with Crippen LogP contribution < -0.4 is 4.74 Å². The number of aryl methyl sites for hydroxylation is 1. The molecule has 2 aromatic rings. The zero-order valence-corrected chi connectivity index (χ0v) is 10.1. The van der Waals surface area contributed by atoms with Crippen molar-refractivity contribution in [3.63, 3.8) is 0 Å². The average Bonchev–Trinajstić information content (AvgIpc) is 2.44. The number of hydrogen-bond acceptors (Lipinski definition) is 3. The average molecular weight is 242 g/mol. The molecule has 0 bridgehead atoms. The summed E-state index contributed by atoms with van der Waals surface area (Å²) in [5.41, 5.74) is 1.70. The van der Waals surface area contributed by atoms with Crippen LogP contribution in [0.1, 0.15) is 15.9 Å². The lowest BCUT2D eigenvalue weighted by atomic mass is 10.2. The minimum Gasteiger partial charge on any atom is -0.423 e. The molecule has 0 spiro atoms. The molecular formula is C15H14O3. The molecule has 0 unspecified atom stereocenters. The van der Waals surface area contributed by atoms with E-state index in [2.05, 4.69) is 0 Å². The Morgan fingerprint density at radius 2 is 1.50 bits per heavy atom. The van der Waals surface area contributed by atoms with E-state index in [9.17, 15) is 4.79 Å². The van der Waals surface area contributed by atoms with Crippen molar-refractivity contribution < 1.29 is 14.3 Å². The Balaban J connectivity index is 0.000000771. The molecule has 0 radical (unpaired) electrons. The summed E-state index contributed by atoms with van der Waals surface area (Å²) >= 11 is 0. The van der Waals surface area contributed by atoms with Crippen molar-refractivity contribution in [1.82, 2.24) is 0 Å². The molecule has 2 aromatic carbocycles. The van der Waals surface area contributed by atoms with Gasteiger partial charge in [-0.15, -0.1) is 0 Å². The van der Waals surface area contributed by atoms with E-state index in [0.717, 1.165) is 5.56 Å². The minimum absolute atomic E-state index is 0.329. The van der Waals surface area contributed by atoms with Gasteiger partial charge >= 0.3 is 5.97 Å². The lowest BCUT2D eigenvalue weighted by molar-refractivity contribution is -0.0980. The molecule has 0 amide bonds. The third-order valence-electron chi connectivity index (χ3n) is 2.24. The van der Waals surface area contributed by atoms with Crippen LogP contribution in [0, 0.1) is 6.92 Å². The monoisotopic (exact) mass is 242 g/mol. The number of esters is 1. The van der Waals surface area contributed by atoms with Crippen LogP contribution in [0.25, 0.3) is 0 Å². The molecule has 0 fully saturated rings. The second-order valence-electron chi connectivity index (χ2n) is 3.57. The van der Waals surface area contributed by atoms with Gasteiger partial charge in [0.15, 0.2) is 0 Å². The van der Waals surface area contributed by atoms with Gasteiger partial charge in [-0.2, -0.15) is 0 Å². The fourth-order valence-corrected chi connectivity index (χ4v) is 1.35. The van der Waals surface area contributed by atoms with Crippen molar-refractivity contribution in [3.05, 3.63) is 65.7 Å². The van der Waals surface area contributed by atoms with Crippen LogP contribution >= 0.6 is 0 Å². The van der Waals surface area contributed by atoms with Gasteiger partial charge in [-0.1, -0.05) is 35.9 Å². The summed E-state index contributed by atoms with van der Waals surface area (Å²) in [5.74, 6) is 0.240. The van der Waals surface area contributed by atoms with E-state index in [1.165, 1.54) is 0 Å². The van der Waals surface area contributed by atoms with E-state index in [-0.39, 0.29) is 5.97 Å². The Hall–Kier alpha value is -2.42. The molecule has 0 aliphatic heterocycles. The highest BCUT2D eigenvalue weighted by molar-refractivity contribution is 5.90. The Morgan fingerprint density at radius 3 is 2.06 bits per heavy atom. The van der Waals surface area contributed by atoms with Crippen molar-refractivity contribution in [3.8, 4) is 5.75 Å². The number of hydrogen-bond donors (Lipinski definition) is 0. The van der Waals surface area contributed by atoms with Gasteiger partial charge in [0.25, 0.3) is 0 Å². The quantitative estimate of drug-likeness (QED) is 0.600. The van der Waals surface area contributed by atoms with E-state index in [1.807, 2.05) is 44.0 Å². The summed E-state index contributed by atoms with van der Waals surface area (Å²) < 4.78 is 5.22. The maximum Gasteiger partial charge on any atom is 0.343 e. The predicted octanol–water partition coefficient (Wildman–Crippen LogP) is 3.03. The maximum atomic E-state index is 11.7. The summed E-state index contributed by atoms with van der Waals surface area (Å²) in [4.78, 5) is 19.7. The number of benzene rings is 2. The fraction of sp³-hybridized carbons (Fsp3) is 0.0667. The first-order chi connectivity index (χ1) is 8.75. The molecule has 0 atom stereocenters. The van der Waals surface area contributed by atoms with Crippen LogP contribution in [0.2, 0.25) is 0 Å². The molecule has 0 aliphatic rings. The summed E-state index contributed by atoms with van der Waals surface area (Å²) in [7, 11) is 0. The van der Waals surface area contributed by atoms with Crippen LogP contribution in [0.4, 0.5) is 0 Å². The van der Waals surface area contributed by atoms with E-state index in [4.69, 9.17) is 9.53 Å². The van der Waals surface area contributed by atoms with Crippen LogP contribution in [-0.2, 0) is 4.79 Å². The van der Waals surface area contributed by atoms with Crippen molar-refractivity contribution in [2.45, 2.75) is 6.92 Å². The molecule has 0 saturated heterocycles. The first-order valence-electron chi connectivity index (χ1n) is 5.38. The third-order valence-corrected chi connectivity index (χ3v) is 2.24. The van der Waals surface area contributed by atoms with E-state index in [0.29, 0.717) is 11.3 Å². The van der Waals surface area contributed by atoms with E-state index in [1.54, 1.807) is 24.3 Å². The van der Waals surface area contributed by atoms with Crippen LogP contribution in [0.3, 0.4) is 0 Å². The molecule has 2 rings (SSSR count). The summed E-state index contributed by atoms with van der Waals surface area (Å²) in [6, 6.07) is 16.3. The predicted molar refractivity (Wildman–Crippen MR) is 69.7 cm³/mol. The normalized spacial score (nSPS) is 8.94. The smallest absolute Gasteiger partial charge is 0.343 e. The van der Waals surface area contributed by atoms with Gasteiger partial charge in [-0.05, 0) is 31.2 Å². The molecule has 3 heteroatoms. The standard InChI is InChI=1S/C14H12O2.CH2O/c1-11-7-9-13(10-8-11)16-14(15)12-5-3-2-4-6-12;1-2/h2-10H,1H3;1H2. The first kappa shape index (κ1) is 13.6. The minimum atomic E-state index is -0.329. The van der Waals surface area contributed by atoms with Crippen LogP contribution in [0.5, 0.6) is 5.75 Å². The largest absolute Gasteiger partial charge is 0.423 e. The molecule has 0 aliphatic carbocycles. The van der Waals surface area contributed by atoms with E-state index >= 15 is 0 Å². The highest BCUT2D eigenvalue weighted by atomic mass is 16.5. The van der Waals surface area contributed by atoms with Crippen LogP contribution in [-0.4, -0.2) is 12.8 Å². The second kappa shape index (κ2) is 7.01. The molecule has 92 valence electrons. The highest BCUT2D eigenvalue weighted by Gasteiger charge is 2.06. The first-order valence-corrected chi connectivity index (χ1v) is 5.38. The fourth-order valence-electron chi connectivity index (χ4n) is 1.35. The Bertz CT molecular complexity index is 489. The third kappa shape index (κ3) is 3.87. The number of ether oxygens (including phenoxy) is 1. The summed E-state index contributed by atoms with van der Waals surface area (Å²) in [6.07, 6.45) is 0. The highest BCUT2D eigenvalue weighted by Crippen LogP contribution is 2.13.